The van der Waals surface area contributed by atoms with Gasteiger partial charge in [0.1, 0.15) is 0 Å². The van der Waals surface area contributed by atoms with Crippen molar-refractivity contribution >= 4 is 38.4 Å². The Morgan fingerprint density at radius 3 is 1.63 bits per heavy atom. The zero-order valence-electron chi connectivity index (χ0n) is 30.3. The molecule has 0 aliphatic heterocycles. The molecule has 0 aromatic heterocycles. The molecular formula is C54H38. The second-order valence-electron chi connectivity index (χ2n) is 15.1. The SMILES string of the molecule is CC1CC=Cc2c(-c3c4ccccc4c(-c4cccc(-c5c(-c6ccccc6)c6c(c7ccccc57)-c5ccccc5C6)c4)c4ccccc34)cccc21. The fourth-order valence-electron chi connectivity index (χ4n) is 9.80. The summed E-state index contributed by atoms with van der Waals surface area (Å²) >= 11 is 0. The van der Waals surface area contributed by atoms with Crippen LogP contribution in [-0.2, 0) is 6.42 Å². The first-order chi connectivity index (χ1) is 26.7. The number of hydrogen-bond acceptors (Lipinski definition) is 0. The molecule has 1 unspecified atom stereocenters. The Hall–Kier alpha value is -6.50. The minimum absolute atomic E-state index is 0.509. The summed E-state index contributed by atoms with van der Waals surface area (Å²) in [6.45, 7) is 2.35. The lowest BCUT2D eigenvalue weighted by Crippen LogP contribution is -2.02. The Labute approximate surface area is 316 Å². The molecule has 0 heteroatoms. The third-order valence-electron chi connectivity index (χ3n) is 12.1. The summed E-state index contributed by atoms with van der Waals surface area (Å²) in [4.78, 5) is 0. The molecule has 2 aliphatic rings. The first kappa shape index (κ1) is 31.1. The summed E-state index contributed by atoms with van der Waals surface area (Å²) in [5.41, 5.74) is 18.7. The molecule has 0 N–H and O–H groups in total. The zero-order valence-corrected chi connectivity index (χ0v) is 30.3. The maximum Gasteiger partial charge on any atom is -0.000683 e. The van der Waals surface area contributed by atoms with Crippen molar-refractivity contribution in [1.82, 2.24) is 0 Å². The van der Waals surface area contributed by atoms with E-state index in [0.717, 1.165) is 12.8 Å². The summed E-state index contributed by atoms with van der Waals surface area (Å²) < 4.78 is 0. The first-order valence-electron chi connectivity index (χ1n) is 19.3. The highest BCUT2D eigenvalue weighted by atomic mass is 14.3. The lowest BCUT2D eigenvalue weighted by atomic mass is 9.80. The van der Waals surface area contributed by atoms with Crippen molar-refractivity contribution in [3.05, 3.63) is 198 Å². The average molecular weight is 687 g/mol. The van der Waals surface area contributed by atoms with E-state index >= 15 is 0 Å². The van der Waals surface area contributed by atoms with Gasteiger partial charge in [0.05, 0.1) is 0 Å². The van der Waals surface area contributed by atoms with E-state index < -0.39 is 0 Å². The molecule has 0 bridgehead atoms. The molecule has 254 valence electrons. The Bertz CT molecular complexity index is 2940. The molecule has 9 aromatic rings. The van der Waals surface area contributed by atoms with Crippen molar-refractivity contribution < 1.29 is 0 Å². The molecule has 0 spiro atoms. The third-order valence-corrected chi connectivity index (χ3v) is 12.1. The van der Waals surface area contributed by atoms with E-state index in [2.05, 4.69) is 189 Å². The van der Waals surface area contributed by atoms with Crippen LogP contribution in [0, 0.1) is 0 Å². The highest BCUT2D eigenvalue weighted by Gasteiger charge is 2.28. The fraction of sp³-hybridized carbons (Fsp3) is 0.0741. The van der Waals surface area contributed by atoms with Gasteiger partial charge in [-0.15, -0.1) is 0 Å². The minimum atomic E-state index is 0.509. The van der Waals surface area contributed by atoms with E-state index in [1.165, 1.54) is 110 Å². The zero-order chi connectivity index (χ0) is 35.8. The third kappa shape index (κ3) is 4.63. The van der Waals surface area contributed by atoms with Crippen LogP contribution in [0.2, 0.25) is 0 Å². The molecule has 0 amide bonds. The van der Waals surface area contributed by atoms with Crippen molar-refractivity contribution in [2.24, 2.45) is 0 Å². The van der Waals surface area contributed by atoms with Crippen molar-refractivity contribution in [3.8, 4) is 55.6 Å². The lowest BCUT2D eigenvalue weighted by molar-refractivity contribution is 0.772. The molecule has 0 fully saturated rings. The number of benzene rings is 9. The summed E-state index contributed by atoms with van der Waals surface area (Å²) in [6.07, 6.45) is 6.73. The van der Waals surface area contributed by atoms with Gasteiger partial charge in [0.15, 0.2) is 0 Å². The fourth-order valence-corrected chi connectivity index (χ4v) is 9.80. The van der Waals surface area contributed by atoms with E-state index in [1.54, 1.807) is 0 Å². The largest absolute Gasteiger partial charge is 0.0833 e. The van der Waals surface area contributed by atoms with Crippen LogP contribution in [0.3, 0.4) is 0 Å². The number of allylic oxidation sites excluding steroid dienone is 1. The molecule has 54 heavy (non-hydrogen) atoms. The van der Waals surface area contributed by atoms with E-state index in [0.29, 0.717) is 5.92 Å². The van der Waals surface area contributed by atoms with Crippen LogP contribution in [-0.4, -0.2) is 0 Å². The second kappa shape index (κ2) is 12.3. The van der Waals surface area contributed by atoms with Crippen molar-refractivity contribution in [1.29, 1.82) is 0 Å². The van der Waals surface area contributed by atoms with Gasteiger partial charge in [0, 0.05) is 0 Å². The van der Waals surface area contributed by atoms with E-state index in [-0.39, 0.29) is 0 Å². The molecule has 0 radical (unpaired) electrons. The topological polar surface area (TPSA) is 0 Å². The van der Waals surface area contributed by atoms with Gasteiger partial charge < -0.3 is 0 Å². The molecule has 0 nitrogen and oxygen atoms in total. The van der Waals surface area contributed by atoms with Gasteiger partial charge >= 0.3 is 0 Å². The first-order valence-corrected chi connectivity index (χ1v) is 19.3. The maximum absolute atomic E-state index is 2.46. The number of fused-ring (bicyclic) bond motifs is 8. The van der Waals surface area contributed by atoms with Crippen LogP contribution in [0.4, 0.5) is 0 Å². The van der Waals surface area contributed by atoms with Crippen LogP contribution >= 0.6 is 0 Å². The van der Waals surface area contributed by atoms with Gasteiger partial charge in [0.2, 0.25) is 0 Å². The van der Waals surface area contributed by atoms with Crippen LogP contribution in [0.15, 0.2) is 176 Å². The predicted molar refractivity (Wildman–Crippen MR) is 231 cm³/mol. The van der Waals surface area contributed by atoms with E-state index in [4.69, 9.17) is 0 Å². The van der Waals surface area contributed by atoms with Gasteiger partial charge in [-0.1, -0.05) is 183 Å². The van der Waals surface area contributed by atoms with Crippen molar-refractivity contribution in [2.75, 3.05) is 0 Å². The van der Waals surface area contributed by atoms with Crippen LogP contribution in [0.1, 0.15) is 41.5 Å². The van der Waals surface area contributed by atoms with Crippen LogP contribution < -0.4 is 0 Å². The van der Waals surface area contributed by atoms with E-state index in [9.17, 15) is 0 Å². The molecule has 0 saturated heterocycles. The van der Waals surface area contributed by atoms with Crippen LogP contribution in [0.5, 0.6) is 0 Å². The molecule has 9 aromatic carbocycles. The van der Waals surface area contributed by atoms with Crippen LogP contribution in [0.25, 0.3) is 94.0 Å². The normalized spacial score (nSPS) is 14.4. The highest BCUT2D eigenvalue weighted by Crippen LogP contribution is 2.52. The van der Waals surface area contributed by atoms with Gasteiger partial charge in [-0.3, -0.25) is 0 Å². The van der Waals surface area contributed by atoms with E-state index in [1.807, 2.05) is 0 Å². The lowest BCUT2D eigenvalue weighted by Gasteiger charge is -2.24. The summed E-state index contributed by atoms with van der Waals surface area (Å²) in [6, 6.07) is 63.6. The van der Waals surface area contributed by atoms with Crippen molar-refractivity contribution in [2.45, 2.75) is 25.7 Å². The molecule has 11 rings (SSSR count). The second-order valence-corrected chi connectivity index (χ2v) is 15.1. The monoisotopic (exact) mass is 686 g/mol. The minimum Gasteiger partial charge on any atom is -0.0833 e. The predicted octanol–water partition coefficient (Wildman–Crippen LogP) is 14.9. The molecule has 0 heterocycles. The smallest absolute Gasteiger partial charge is 0.000683 e. The Morgan fingerprint density at radius 1 is 0.407 bits per heavy atom. The molecule has 0 saturated carbocycles. The highest BCUT2D eigenvalue weighted by molar-refractivity contribution is 6.22. The number of hydrogen-bond donors (Lipinski definition) is 0. The Balaban J connectivity index is 1.20. The molecule has 2 aliphatic carbocycles. The summed E-state index contributed by atoms with van der Waals surface area (Å²) in [5, 5.41) is 7.78. The van der Waals surface area contributed by atoms with Gasteiger partial charge in [-0.05, 0) is 135 Å². The quantitative estimate of drug-likeness (QED) is 0.162. The standard InChI is InChI=1S/C54H38/c1-34-16-13-30-41-39(34)29-15-31-42(41)54-46-26-10-7-23-43(46)50(44-24-8-11-27-47(44)54)37-20-14-21-38(32-37)52-45-25-9-12-28-48(45)53-40-22-6-5-19-36(40)33-49(53)51(52)35-17-3-2-4-18-35/h2-15,17-32,34H,16,33H2,1H3. The Kier molecular flexibility index (Phi) is 7.07. The van der Waals surface area contributed by atoms with Crippen molar-refractivity contribution in [3.63, 3.8) is 0 Å². The number of rotatable bonds is 4. The summed E-state index contributed by atoms with van der Waals surface area (Å²) in [5.74, 6) is 0.509. The Morgan fingerprint density at radius 2 is 0.926 bits per heavy atom. The average Bonchev–Trinajstić information content (AvgIpc) is 3.62. The summed E-state index contributed by atoms with van der Waals surface area (Å²) in [7, 11) is 0. The molecular weight excluding hydrogens is 649 g/mol. The van der Waals surface area contributed by atoms with Gasteiger partial charge in [-0.25, -0.2) is 0 Å². The maximum atomic E-state index is 2.46. The van der Waals surface area contributed by atoms with Gasteiger partial charge in [0.25, 0.3) is 0 Å². The van der Waals surface area contributed by atoms with Gasteiger partial charge in [-0.2, -0.15) is 0 Å². The molecule has 1 atom stereocenters.